The Balaban J connectivity index is 1.65. The van der Waals surface area contributed by atoms with Gasteiger partial charge in [0.25, 0.3) is 5.91 Å². The number of carbonyl (C=O) groups excluding carboxylic acids is 2. The highest BCUT2D eigenvalue weighted by atomic mass is 16.2. The Bertz CT molecular complexity index is 808. The molecule has 1 atom stereocenters. The second-order valence-corrected chi connectivity index (χ2v) is 6.73. The Morgan fingerprint density at radius 1 is 1.24 bits per heavy atom. The Morgan fingerprint density at radius 2 is 1.92 bits per heavy atom. The highest BCUT2D eigenvalue weighted by molar-refractivity contribution is 5.99. The van der Waals surface area contributed by atoms with Gasteiger partial charge in [-0.2, -0.15) is 5.10 Å². The van der Waals surface area contributed by atoms with Gasteiger partial charge in [0.05, 0.1) is 11.3 Å². The van der Waals surface area contributed by atoms with Crippen LogP contribution in [0.15, 0.2) is 24.3 Å². The van der Waals surface area contributed by atoms with Gasteiger partial charge < -0.3 is 10.2 Å². The minimum Gasteiger partial charge on any atom is -0.340 e. The van der Waals surface area contributed by atoms with E-state index in [1.165, 1.54) is 5.56 Å². The van der Waals surface area contributed by atoms with Crippen molar-refractivity contribution in [2.24, 2.45) is 7.05 Å². The van der Waals surface area contributed by atoms with Crippen LogP contribution in [0.2, 0.25) is 0 Å². The molecular formula is C19H24N4O2. The van der Waals surface area contributed by atoms with Gasteiger partial charge in [-0.25, -0.2) is 0 Å². The van der Waals surface area contributed by atoms with Gasteiger partial charge in [-0.1, -0.05) is 29.8 Å². The van der Waals surface area contributed by atoms with Gasteiger partial charge in [0.15, 0.2) is 0 Å². The first-order valence-electron chi connectivity index (χ1n) is 8.52. The lowest BCUT2D eigenvalue weighted by molar-refractivity contribution is -0.129. The van der Waals surface area contributed by atoms with E-state index >= 15 is 0 Å². The molecule has 0 radical (unpaired) electrons. The molecule has 0 saturated carbocycles. The van der Waals surface area contributed by atoms with Crippen LogP contribution in [0.3, 0.4) is 0 Å². The molecule has 1 fully saturated rings. The highest BCUT2D eigenvalue weighted by Gasteiger charge is 2.33. The van der Waals surface area contributed by atoms with Crippen LogP contribution in [-0.2, 0) is 18.4 Å². The van der Waals surface area contributed by atoms with Crippen LogP contribution < -0.4 is 5.32 Å². The maximum Gasteiger partial charge on any atom is 0.255 e. The van der Waals surface area contributed by atoms with Gasteiger partial charge in [0, 0.05) is 25.8 Å². The lowest BCUT2D eigenvalue weighted by Gasteiger charge is -2.17. The average molecular weight is 340 g/mol. The molecule has 0 unspecified atom stereocenters. The van der Waals surface area contributed by atoms with Gasteiger partial charge in [-0.3, -0.25) is 14.3 Å². The summed E-state index contributed by atoms with van der Waals surface area (Å²) in [6, 6.07) is 7.71. The lowest BCUT2D eigenvalue weighted by atomic mass is 10.1. The van der Waals surface area contributed by atoms with E-state index in [0.29, 0.717) is 30.8 Å². The number of hydrogen-bond donors (Lipinski definition) is 1. The number of carbonyl (C=O) groups is 2. The number of aryl methyl sites for hydroxylation is 3. The van der Waals surface area contributed by atoms with Crippen LogP contribution in [0.25, 0.3) is 0 Å². The first-order valence-corrected chi connectivity index (χ1v) is 8.52. The summed E-state index contributed by atoms with van der Waals surface area (Å²) in [5.41, 5.74) is 4.34. The summed E-state index contributed by atoms with van der Waals surface area (Å²) in [6.45, 7) is 6.94. The predicted molar refractivity (Wildman–Crippen MR) is 95.1 cm³/mol. The molecule has 132 valence electrons. The molecule has 1 saturated heterocycles. The molecule has 25 heavy (non-hydrogen) atoms. The van der Waals surface area contributed by atoms with Crippen LogP contribution in [0.5, 0.6) is 0 Å². The van der Waals surface area contributed by atoms with E-state index in [0.717, 1.165) is 11.3 Å². The van der Waals surface area contributed by atoms with E-state index in [2.05, 4.69) is 10.4 Å². The zero-order chi connectivity index (χ0) is 18.1. The van der Waals surface area contributed by atoms with Crippen LogP contribution >= 0.6 is 0 Å². The number of aromatic nitrogens is 2. The molecule has 0 spiro atoms. The van der Waals surface area contributed by atoms with Crippen LogP contribution in [0.4, 0.5) is 0 Å². The van der Waals surface area contributed by atoms with E-state index in [4.69, 9.17) is 0 Å². The van der Waals surface area contributed by atoms with Crippen molar-refractivity contribution in [1.29, 1.82) is 0 Å². The van der Waals surface area contributed by atoms with Gasteiger partial charge >= 0.3 is 0 Å². The second kappa shape index (κ2) is 6.70. The topological polar surface area (TPSA) is 67.2 Å². The monoisotopic (exact) mass is 340 g/mol. The molecule has 2 heterocycles. The smallest absolute Gasteiger partial charge is 0.255 e. The second-order valence-electron chi connectivity index (χ2n) is 6.73. The molecule has 6 heteroatoms. The number of rotatable bonds is 4. The van der Waals surface area contributed by atoms with E-state index < -0.39 is 6.04 Å². The molecule has 2 amide bonds. The maximum absolute atomic E-state index is 12.6. The molecule has 1 aromatic heterocycles. The molecule has 1 aliphatic heterocycles. The highest BCUT2D eigenvalue weighted by Crippen LogP contribution is 2.18. The van der Waals surface area contributed by atoms with Gasteiger partial charge in [-0.05, 0) is 32.8 Å². The summed E-state index contributed by atoms with van der Waals surface area (Å²) >= 11 is 0. The summed E-state index contributed by atoms with van der Waals surface area (Å²) in [5.74, 6) is -0.244. The van der Waals surface area contributed by atoms with Crippen molar-refractivity contribution in [2.75, 3.05) is 6.54 Å². The van der Waals surface area contributed by atoms with Crippen molar-refractivity contribution in [3.05, 3.63) is 52.3 Å². The summed E-state index contributed by atoms with van der Waals surface area (Å²) < 4.78 is 1.68. The van der Waals surface area contributed by atoms with Crippen molar-refractivity contribution >= 4 is 11.8 Å². The quantitative estimate of drug-likeness (QED) is 0.924. The minimum atomic E-state index is -0.461. The number of amides is 2. The average Bonchev–Trinajstić information content (AvgIpc) is 3.02. The molecule has 0 bridgehead atoms. The first-order chi connectivity index (χ1) is 11.9. The number of likely N-dealkylation sites (tertiary alicyclic amines) is 1. The number of nitrogens with one attached hydrogen (secondary N) is 1. The third kappa shape index (κ3) is 3.43. The van der Waals surface area contributed by atoms with Crippen LogP contribution in [-0.4, -0.2) is 39.1 Å². The summed E-state index contributed by atoms with van der Waals surface area (Å²) in [5, 5.41) is 7.14. The van der Waals surface area contributed by atoms with Crippen molar-refractivity contribution in [2.45, 2.75) is 39.8 Å². The molecule has 1 aromatic carbocycles. The number of nitrogens with zero attached hydrogens (tertiary/aromatic N) is 3. The van der Waals surface area contributed by atoms with Crippen molar-refractivity contribution < 1.29 is 9.59 Å². The lowest BCUT2D eigenvalue weighted by Crippen LogP contribution is -2.41. The Hall–Kier alpha value is -2.63. The molecule has 1 aliphatic rings. The normalized spacial score (nSPS) is 17.2. The van der Waals surface area contributed by atoms with Crippen LogP contribution in [0, 0.1) is 20.8 Å². The third-order valence-electron chi connectivity index (χ3n) is 4.83. The zero-order valence-corrected chi connectivity index (χ0v) is 15.2. The molecule has 6 nitrogen and oxygen atoms in total. The fraction of sp³-hybridized carbons (Fsp3) is 0.421. The third-order valence-corrected chi connectivity index (χ3v) is 4.83. The van der Waals surface area contributed by atoms with Gasteiger partial charge in [-0.15, -0.1) is 0 Å². The van der Waals surface area contributed by atoms with Gasteiger partial charge in [0.2, 0.25) is 5.91 Å². The molecule has 3 rings (SSSR count). The Morgan fingerprint density at radius 3 is 2.52 bits per heavy atom. The van der Waals surface area contributed by atoms with Crippen molar-refractivity contribution in [3.8, 4) is 0 Å². The fourth-order valence-electron chi connectivity index (χ4n) is 3.28. The summed E-state index contributed by atoms with van der Waals surface area (Å²) in [4.78, 5) is 27.0. The summed E-state index contributed by atoms with van der Waals surface area (Å²) in [7, 11) is 1.81. The Kier molecular flexibility index (Phi) is 4.61. The van der Waals surface area contributed by atoms with Gasteiger partial charge in [0.1, 0.15) is 6.04 Å². The first kappa shape index (κ1) is 17.2. The molecule has 1 N–H and O–H groups in total. The fourth-order valence-corrected chi connectivity index (χ4v) is 3.28. The van der Waals surface area contributed by atoms with Crippen molar-refractivity contribution in [3.63, 3.8) is 0 Å². The molecule has 2 aromatic rings. The SMILES string of the molecule is Cc1ccc(CN2CC[C@H](NC(=O)c3c(C)nn(C)c3C)C2=O)cc1. The van der Waals surface area contributed by atoms with E-state index in [1.807, 2.05) is 52.1 Å². The van der Waals surface area contributed by atoms with E-state index in [-0.39, 0.29) is 11.8 Å². The summed E-state index contributed by atoms with van der Waals surface area (Å²) in [6.07, 6.45) is 0.634. The molecular weight excluding hydrogens is 316 g/mol. The standard InChI is InChI=1S/C19H24N4O2/c1-12-5-7-15(8-6-12)11-23-10-9-16(19(23)25)20-18(24)17-13(2)21-22(4)14(17)3/h5-8,16H,9-11H2,1-4H3,(H,20,24)/t16-/m0/s1. The number of hydrogen-bond acceptors (Lipinski definition) is 3. The van der Waals surface area contributed by atoms with Crippen molar-refractivity contribution in [1.82, 2.24) is 20.0 Å². The predicted octanol–water partition coefficient (Wildman–Crippen LogP) is 1.88. The number of benzene rings is 1. The molecule has 0 aliphatic carbocycles. The van der Waals surface area contributed by atoms with E-state index in [9.17, 15) is 9.59 Å². The maximum atomic E-state index is 12.6. The van der Waals surface area contributed by atoms with Crippen LogP contribution in [0.1, 0.15) is 39.3 Å². The minimum absolute atomic E-state index is 0.0203. The largest absolute Gasteiger partial charge is 0.340 e. The zero-order valence-electron chi connectivity index (χ0n) is 15.2. The van der Waals surface area contributed by atoms with E-state index in [1.54, 1.807) is 9.58 Å². The Labute approximate surface area is 147 Å².